The third kappa shape index (κ3) is 3.43. The number of aromatic nitrogens is 2. The van der Waals surface area contributed by atoms with Gasteiger partial charge in [-0.15, -0.1) is 0 Å². The first kappa shape index (κ1) is 14.1. The van der Waals surface area contributed by atoms with Crippen LogP contribution < -0.4 is 5.32 Å². The van der Waals surface area contributed by atoms with E-state index in [4.69, 9.17) is 0 Å². The molecule has 0 spiro atoms. The Bertz CT molecular complexity index is 536. The van der Waals surface area contributed by atoms with E-state index in [1.807, 2.05) is 24.3 Å². The molecule has 21 heavy (non-hydrogen) atoms. The largest absolute Gasteiger partial charge is 0.356 e. The molecule has 2 heterocycles. The molecular formula is C15H22N4O2. The molecule has 0 aromatic carbocycles. The molecule has 3 rings (SSSR count). The Kier molecular flexibility index (Phi) is 3.94. The summed E-state index contributed by atoms with van der Waals surface area (Å²) in [5.41, 5.74) is 1.18. The quantitative estimate of drug-likeness (QED) is 0.775. The molecular weight excluding hydrogens is 268 g/mol. The van der Waals surface area contributed by atoms with E-state index in [0.29, 0.717) is 25.6 Å². The fourth-order valence-electron chi connectivity index (χ4n) is 2.90. The molecule has 0 unspecified atom stereocenters. The first-order valence-electron chi connectivity index (χ1n) is 7.68. The lowest BCUT2D eigenvalue weighted by molar-refractivity contribution is -0.129. The molecule has 1 aromatic rings. The second-order valence-electron chi connectivity index (χ2n) is 6.10. The second-order valence-corrected chi connectivity index (χ2v) is 6.10. The van der Waals surface area contributed by atoms with Crippen LogP contribution in [-0.2, 0) is 23.1 Å². The van der Waals surface area contributed by atoms with Crippen molar-refractivity contribution in [2.24, 2.45) is 13.0 Å². The molecule has 2 aliphatic rings. The summed E-state index contributed by atoms with van der Waals surface area (Å²) in [7, 11) is 1.90. The fourth-order valence-corrected chi connectivity index (χ4v) is 2.90. The molecule has 1 aliphatic heterocycles. The molecule has 1 saturated carbocycles. The van der Waals surface area contributed by atoms with Crippen LogP contribution in [0, 0.1) is 5.92 Å². The summed E-state index contributed by atoms with van der Waals surface area (Å²) >= 11 is 0. The van der Waals surface area contributed by atoms with Crippen molar-refractivity contribution >= 4 is 11.8 Å². The predicted molar refractivity (Wildman–Crippen MR) is 77.4 cm³/mol. The van der Waals surface area contributed by atoms with Crippen LogP contribution >= 0.6 is 0 Å². The Labute approximate surface area is 124 Å². The molecule has 2 amide bonds. The molecule has 1 saturated heterocycles. The van der Waals surface area contributed by atoms with Gasteiger partial charge in [-0.3, -0.25) is 14.3 Å². The molecule has 6 heteroatoms. The Morgan fingerprint density at radius 3 is 2.95 bits per heavy atom. The third-order valence-electron chi connectivity index (χ3n) is 4.22. The van der Waals surface area contributed by atoms with Crippen molar-refractivity contribution in [2.75, 3.05) is 13.1 Å². The topological polar surface area (TPSA) is 67.2 Å². The van der Waals surface area contributed by atoms with Gasteiger partial charge in [-0.25, -0.2) is 0 Å². The minimum Gasteiger partial charge on any atom is -0.356 e. The monoisotopic (exact) mass is 290 g/mol. The van der Waals surface area contributed by atoms with Gasteiger partial charge in [0.15, 0.2) is 0 Å². The van der Waals surface area contributed by atoms with Crippen molar-refractivity contribution in [2.45, 2.75) is 38.1 Å². The van der Waals surface area contributed by atoms with Crippen molar-refractivity contribution in [3.63, 3.8) is 0 Å². The van der Waals surface area contributed by atoms with Gasteiger partial charge in [0.2, 0.25) is 11.8 Å². The Morgan fingerprint density at radius 2 is 2.29 bits per heavy atom. The fraction of sp³-hybridized carbons (Fsp3) is 0.667. The molecule has 114 valence electrons. The Balaban J connectivity index is 1.37. The highest BCUT2D eigenvalue weighted by molar-refractivity contribution is 5.89. The molecule has 1 atom stereocenters. The van der Waals surface area contributed by atoms with Crippen LogP contribution in [0.3, 0.4) is 0 Å². The van der Waals surface area contributed by atoms with E-state index >= 15 is 0 Å². The van der Waals surface area contributed by atoms with E-state index in [-0.39, 0.29) is 17.7 Å². The van der Waals surface area contributed by atoms with E-state index in [1.54, 1.807) is 4.68 Å². The minimum absolute atomic E-state index is 0.0256. The first-order chi connectivity index (χ1) is 10.1. The number of rotatable bonds is 6. The van der Waals surface area contributed by atoms with E-state index in [9.17, 15) is 9.59 Å². The molecule has 2 fully saturated rings. The number of amides is 2. The van der Waals surface area contributed by atoms with Crippen LogP contribution in [0.1, 0.15) is 31.2 Å². The van der Waals surface area contributed by atoms with E-state index in [2.05, 4.69) is 10.4 Å². The van der Waals surface area contributed by atoms with Crippen LogP contribution in [0.2, 0.25) is 0 Å². The van der Waals surface area contributed by atoms with Crippen LogP contribution in [0.5, 0.6) is 0 Å². The maximum atomic E-state index is 12.1. The number of hydrogen-bond acceptors (Lipinski definition) is 3. The van der Waals surface area contributed by atoms with Gasteiger partial charge in [-0.1, -0.05) is 0 Å². The highest BCUT2D eigenvalue weighted by atomic mass is 16.2. The van der Waals surface area contributed by atoms with Gasteiger partial charge in [-0.05, 0) is 31.2 Å². The lowest BCUT2D eigenvalue weighted by Crippen LogP contribution is -2.34. The first-order valence-corrected chi connectivity index (χ1v) is 7.68. The SMILES string of the molecule is Cn1cc(CCCNC(=O)[C@H]2CC(=O)N(C3CC3)C2)cn1. The number of nitrogens with zero attached hydrogens (tertiary/aromatic N) is 3. The highest BCUT2D eigenvalue weighted by Crippen LogP contribution is 2.32. The summed E-state index contributed by atoms with van der Waals surface area (Å²) in [4.78, 5) is 25.8. The molecule has 6 nitrogen and oxygen atoms in total. The third-order valence-corrected chi connectivity index (χ3v) is 4.22. The molecule has 1 N–H and O–H groups in total. The van der Waals surface area contributed by atoms with Gasteiger partial charge in [0.25, 0.3) is 0 Å². The average Bonchev–Trinajstić information content (AvgIpc) is 3.10. The van der Waals surface area contributed by atoms with Crippen molar-refractivity contribution in [3.05, 3.63) is 18.0 Å². The van der Waals surface area contributed by atoms with Crippen LogP contribution in [0.25, 0.3) is 0 Å². The minimum atomic E-state index is -0.156. The summed E-state index contributed by atoms with van der Waals surface area (Å²) in [5.74, 6) is 0.0159. The number of hydrogen-bond donors (Lipinski definition) is 1. The highest BCUT2D eigenvalue weighted by Gasteiger charge is 2.41. The Hall–Kier alpha value is -1.85. The van der Waals surface area contributed by atoms with E-state index < -0.39 is 0 Å². The standard InChI is InChI=1S/C15H22N4O2/c1-18-9-11(8-17-18)3-2-6-16-15(21)12-7-14(20)19(10-12)13-4-5-13/h8-9,12-13H,2-7,10H2,1H3,(H,16,21)/t12-/m0/s1. The normalized spacial score (nSPS) is 21.9. The zero-order valence-corrected chi connectivity index (χ0v) is 12.4. The van der Waals surface area contributed by atoms with Crippen molar-refractivity contribution in [1.29, 1.82) is 0 Å². The second kappa shape index (κ2) is 5.87. The van der Waals surface area contributed by atoms with Crippen LogP contribution in [0.4, 0.5) is 0 Å². The van der Waals surface area contributed by atoms with Crippen LogP contribution in [-0.4, -0.2) is 45.6 Å². The lowest BCUT2D eigenvalue weighted by Gasteiger charge is -2.15. The number of carbonyl (C=O) groups excluding carboxylic acids is 2. The average molecular weight is 290 g/mol. The molecule has 1 aromatic heterocycles. The summed E-state index contributed by atoms with van der Waals surface area (Å²) in [6.07, 6.45) is 8.23. The summed E-state index contributed by atoms with van der Waals surface area (Å²) in [5, 5.41) is 7.08. The summed E-state index contributed by atoms with van der Waals surface area (Å²) < 4.78 is 1.78. The maximum absolute atomic E-state index is 12.1. The van der Waals surface area contributed by atoms with Crippen molar-refractivity contribution < 1.29 is 9.59 Å². The smallest absolute Gasteiger partial charge is 0.225 e. The van der Waals surface area contributed by atoms with Gasteiger partial charge in [0, 0.05) is 38.8 Å². The summed E-state index contributed by atoms with van der Waals surface area (Å²) in [6, 6.07) is 0.417. The number of aryl methyl sites for hydroxylation is 2. The van der Waals surface area contributed by atoms with Gasteiger partial charge in [0.1, 0.15) is 0 Å². The van der Waals surface area contributed by atoms with E-state index in [1.165, 1.54) is 5.56 Å². The van der Waals surface area contributed by atoms with Crippen molar-refractivity contribution in [1.82, 2.24) is 20.0 Å². The van der Waals surface area contributed by atoms with Gasteiger partial charge in [-0.2, -0.15) is 5.10 Å². The Morgan fingerprint density at radius 1 is 1.48 bits per heavy atom. The number of carbonyl (C=O) groups is 2. The van der Waals surface area contributed by atoms with Crippen LogP contribution in [0.15, 0.2) is 12.4 Å². The molecule has 0 radical (unpaired) electrons. The van der Waals surface area contributed by atoms with Gasteiger partial charge in [0.05, 0.1) is 12.1 Å². The summed E-state index contributed by atoms with van der Waals surface area (Å²) in [6.45, 7) is 1.26. The number of nitrogens with one attached hydrogen (secondary N) is 1. The zero-order chi connectivity index (χ0) is 14.8. The molecule has 0 bridgehead atoms. The van der Waals surface area contributed by atoms with E-state index in [0.717, 1.165) is 25.7 Å². The predicted octanol–water partition coefficient (Wildman–Crippen LogP) is 0.480. The van der Waals surface area contributed by atoms with Gasteiger partial charge < -0.3 is 10.2 Å². The molecule has 1 aliphatic carbocycles. The van der Waals surface area contributed by atoms with Gasteiger partial charge >= 0.3 is 0 Å². The number of likely N-dealkylation sites (tertiary alicyclic amines) is 1. The lowest BCUT2D eigenvalue weighted by atomic mass is 10.1. The maximum Gasteiger partial charge on any atom is 0.225 e. The van der Waals surface area contributed by atoms with Crippen molar-refractivity contribution in [3.8, 4) is 0 Å². The zero-order valence-electron chi connectivity index (χ0n) is 12.4.